The zero-order valence-electron chi connectivity index (χ0n) is 15.4. The molecule has 1 saturated heterocycles. The molecule has 3 rings (SSSR count). The molecule has 1 atom stereocenters. The second-order valence-corrected chi connectivity index (χ2v) is 6.50. The second kappa shape index (κ2) is 8.01. The number of halogens is 4. The Morgan fingerprint density at radius 1 is 1.17 bits per heavy atom. The van der Waals surface area contributed by atoms with Crippen LogP contribution in [0.15, 0.2) is 42.5 Å². The third kappa shape index (κ3) is 4.04. The maximum absolute atomic E-state index is 13.6. The number of nitrogens with one attached hydrogen (secondary N) is 2. The number of imide groups is 1. The van der Waals surface area contributed by atoms with Crippen molar-refractivity contribution in [3.8, 4) is 5.75 Å². The number of urea groups is 1. The first-order chi connectivity index (χ1) is 14.1. The van der Waals surface area contributed by atoms with Gasteiger partial charge in [0.05, 0.1) is 5.69 Å². The number of hydrogen-bond acceptors (Lipinski definition) is 4. The Labute approximate surface area is 167 Å². The third-order valence-corrected chi connectivity index (χ3v) is 4.45. The molecule has 158 valence electrons. The van der Waals surface area contributed by atoms with Crippen LogP contribution >= 0.6 is 0 Å². The maximum Gasteiger partial charge on any atom is 0.387 e. The predicted molar refractivity (Wildman–Crippen MR) is 95.7 cm³/mol. The number of nitrogens with zero attached hydrogens (tertiary/aromatic N) is 1. The van der Waals surface area contributed by atoms with E-state index in [0.717, 1.165) is 18.2 Å². The lowest BCUT2D eigenvalue weighted by molar-refractivity contribution is -0.133. The van der Waals surface area contributed by atoms with Gasteiger partial charge in [0.1, 0.15) is 17.8 Å². The summed E-state index contributed by atoms with van der Waals surface area (Å²) in [5.74, 6) is -4.36. The van der Waals surface area contributed by atoms with Crippen LogP contribution in [0.25, 0.3) is 0 Å². The number of ether oxygens (including phenoxy) is 1. The van der Waals surface area contributed by atoms with Gasteiger partial charge in [-0.25, -0.2) is 13.6 Å². The zero-order valence-corrected chi connectivity index (χ0v) is 15.4. The highest BCUT2D eigenvalue weighted by Crippen LogP contribution is 2.30. The van der Waals surface area contributed by atoms with Gasteiger partial charge in [-0.1, -0.05) is 18.2 Å². The van der Waals surface area contributed by atoms with Crippen molar-refractivity contribution in [2.24, 2.45) is 0 Å². The number of carbonyl (C=O) groups excluding carboxylic acids is 3. The topological polar surface area (TPSA) is 87.7 Å². The van der Waals surface area contributed by atoms with Gasteiger partial charge in [-0.15, -0.1) is 0 Å². The third-order valence-electron chi connectivity index (χ3n) is 4.45. The summed E-state index contributed by atoms with van der Waals surface area (Å²) in [6.45, 7) is -2.58. The number of anilines is 1. The van der Waals surface area contributed by atoms with Crippen LogP contribution in [0.2, 0.25) is 0 Å². The first kappa shape index (κ1) is 21.1. The van der Waals surface area contributed by atoms with Gasteiger partial charge in [-0.05, 0) is 36.8 Å². The number of carbonyl (C=O) groups is 3. The lowest BCUT2D eigenvalue weighted by Gasteiger charge is -2.22. The van der Waals surface area contributed by atoms with Crippen molar-refractivity contribution in [2.75, 3.05) is 11.9 Å². The average Bonchev–Trinajstić information content (AvgIpc) is 2.89. The van der Waals surface area contributed by atoms with Gasteiger partial charge in [0.2, 0.25) is 5.91 Å². The molecule has 0 aliphatic carbocycles. The highest BCUT2D eigenvalue weighted by Gasteiger charge is 2.49. The monoisotopic (exact) mass is 425 g/mol. The fourth-order valence-corrected chi connectivity index (χ4v) is 2.95. The molecule has 1 aliphatic heterocycles. The number of para-hydroxylation sites is 2. The summed E-state index contributed by atoms with van der Waals surface area (Å²) in [5, 5.41) is 4.63. The van der Waals surface area contributed by atoms with E-state index in [-0.39, 0.29) is 17.0 Å². The van der Waals surface area contributed by atoms with Crippen LogP contribution in [0.1, 0.15) is 12.5 Å². The number of hydrogen-bond donors (Lipinski definition) is 2. The van der Waals surface area contributed by atoms with E-state index >= 15 is 0 Å². The van der Waals surface area contributed by atoms with Crippen molar-refractivity contribution < 1.29 is 36.7 Å². The van der Waals surface area contributed by atoms with E-state index in [0.29, 0.717) is 4.90 Å². The predicted octanol–water partition coefficient (Wildman–Crippen LogP) is 2.97. The Balaban J connectivity index is 1.76. The molecular formula is C19H15F4N3O4. The normalized spacial score (nSPS) is 18.5. The van der Waals surface area contributed by atoms with Crippen molar-refractivity contribution in [2.45, 2.75) is 19.1 Å². The molecular weight excluding hydrogens is 410 g/mol. The molecule has 0 radical (unpaired) electrons. The van der Waals surface area contributed by atoms with Gasteiger partial charge in [0.15, 0.2) is 11.6 Å². The molecule has 4 amide bonds. The van der Waals surface area contributed by atoms with Crippen LogP contribution < -0.4 is 15.4 Å². The molecule has 2 N–H and O–H groups in total. The Hall–Kier alpha value is -3.63. The van der Waals surface area contributed by atoms with Crippen LogP contribution in [-0.4, -0.2) is 35.9 Å². The van der Waals surface area contributed by atoms with Gasteiger partial charge in [0.25, 0.3) is 5.91 Å². The lowest BCUT2D eigenvalue weighted by atomic mass is 9.92. The summed E-state index contributed by atoms with van der Waals surface area (Å²) in [4.78, 5) is 37.9. The molecule has 30 heavy (non-hydrogen) atoms. The SMILES string of the molecule is CC1(c2ccc(F)c(F)c2)NC(=O)N(CC(=O)Nc2ccccc2OC(F)F)C1=O. The number of benzene rings is 2. The highest BCUT2D eigenvalue weighted by atomic mass is 19.3. The summed E-state index contributed by atoms with van der Waals surface area (Å²) in [6.07, 6.45) is 0. The largest absolute Gasteiger partial charge is 0.433 e. The van der Waals surface area contributed by atoms with E-state index in [2.05, 4.69) is 15.4 Å². The molecule has 2 aromatic carbocycles. The van der Waals surface area contributed by atoms with E-state index in [1.54, 1.807) is 0 Å². The van der Waals surface area contributed by atoms with Crippen LogP contribution in [0.4, 0.5) is 28.0 Å². The quantitative estimate of drug-likeness (QED) is 0.550. The van der Waals surface area contributed by atoms with Crippen molar-refractivity contribution >= 4 is 23.5 Å². The fraction of sp³-hybridized carbons (Fsp3) is 0.211. The Kier molecular flexibility index (Phi) is 5.63. The molecule has 1 unspecified atom stereocenters. The van der Waals surface area contributed by atoms with Crippen LogP contribution in [0.3, 0.4) is 0 Å². The van der Waals surface area contributed by atoms with Gasteiger partial charge in [-0.2, -0.15) is 8.78 Å². The van der Waals surface area contributed by atoms with Crippen molar-refractivity contribution in [3.63, 3.8) is 0 Å². The summed E-state index contributed by atoms with van der Waals surface area (Å²) >= 11 is 0. The minimum atomic E-state index is -3.12. The van der Waals surface area contributed by atoms with Crippen LogP contribution in [0, 0.1) is 11.6 Å². The van der Waals surface area contributed by atoms with Crippen LogP contribution in [-0.2, 0) is 15.1 Å². The molecule has 1 heterocycles. The van der Waals surface area contributed by atoms with Crippen molar-refractivity contribution in [1.29, 1.82) is 0 Å². The highest BCUT2D eigenvalue weighted by molar-refractivity contribution is 6.10. The Bertz CT molecular complexity index is 1020. The van der Waals surface area contributed by atoms with E-state index in [9.17, 15) is 31.9 Å². The molecule has 1 fully saturated rings. The molecule has 11 heteroatoms. The minimum Gasteiger partial charge on any atom is -0.433 e. The van der Waals surface area contributed by atoms with E-state index in [1.165, 1.54) is 31.2 Å². The standard InChI is InChI=1S/C19H15F4N3O4/c1-19(10-6-7-11(20)12(21)8-10)16(28)26(18(29)25-19)9-15(27)24-13-4-2-3-5-14(13)30-17(22)23/h2-8,17H,9H2,1H3,(H,24,27)(H,25,29). The molecule has 2 aromatic rings. The second-order valence-electron chi connectivity index (χ2n) is 6.50. The fourth-order valence-electron chi connectivity index (χ4n) is 2.95. The number of rotatable bonds is 6. The van der Waals surface area contributed by atoms with Crippen molar-refractivity contribution in [3.05, 3.63) is 59.7 Å². The summed E-state index contributed by atoms with van der Waals surface area (Å²) < 4.78 is 56.0. The molecule has 0 spiro atoms. The van der Waals surface area contributed by atoms with Crippen molar-refractivity contribution in [1.82, 2.24) is 10.2 Å². The Morgan fingerprint density at radius 3 is 2.53 bits per heavy atom. The first-order valence-electron chi connectivity index (χ1n) is 8.55. The lowest BCUT2D eigenvalue weighted by Crippen LogP contribution is -2.42. The average molecular weight is 425 g/mol. The number of alkyl halides is 2. The van der Waals surface area contributed by atoms with E-state index in [4.69, 9.17) is 0 Å². The molecule has 1 aliphatic rings. The Morgan fingerprint density at radius 2 is 1.87 bits per heavy atom. The smallest absolute Gasteiger partial charge is 0.387 e. The summed E-state index contributed by atoms with van der Waals surface area (Å²) in [7, 11) is 0. The van der Waals surface area contributed by atoms with Crippen LogP contribution in [0.5, 0.6) is 5.75 Å². The molecule has 0 saturated carbocycles. The van der Waals surface area contributed by atoms with E-state index in [1.807, 2.05) is 0 Å². The minimum absolute atomic E-state index is 0.0154. The van der Waals surface area contributed by atoms with Gasteiger partial charge in [0, 0.05) is 0 Å². The molecule has 0 aromatic heterocycles. The van der Waals surface area contributed by atoms with Gasteiger partial charge >= 0.3 is 12.6 Å². The van der Waals surface area contributed by atoms with E-state index < -0.39 is 48.2 Å². The first-order valence-corrected chi connectivity index (χ1v) is 8.55. The van der Waals surface area contributed by atoms with Gasteiger partial charge < -0.3 is 15.4 Å². The maximum atomic E-state index is 13.6. The zero-order chi connectivity index (χ0) is 22.1. The summed E-state index contributed by atoms with van der Waals surface area (Å²) in [5.41, 5.74) is -1.82. The molecule has 0 bridgehead atoms. The summed E-state index contributed by atoms with van der Waals surface area (Å²) in [6, 6.07) is 7.17. The number of amides is 4. The molecule has 7 nitrogen and oxygen atoms in total. The van der Waals surface area contributed by atoms with Gasteiger partial charge in [-0.3, -0.25) is 14.5 Å².